The number of benzene rings is 2. The number of carbonyl (C=O) groups excluding carboxylic acids is 1. The van der Waals surface area contributed by atoms with E-state index in [1.54, 1.807) is 27.4 Å². The van der Waals surface area contributed by atoms with Crippen molar-refractivity contribution in [3.8, 4) is 17.2 Å². The lowest BCUT2D eigenvalue weighted by Crippen LogP contribution is -2.24. The van der Waals surface area contributed by atoms with E-state index in [1.807, 2.05) is 24.3 Å². The summed E-state index contributed by atoms with van der Waals surface area (Å²) in [5.41, 5.74) is 2.53. The molecular weight excluding hydrogens is 330 g/mol. The highest BCUT2D eigenvalue weighted by molar-refractivity contribution is 6.30. The fourth-order valence-electron chi connectivity index (χ4n) is 3.10. The third kappa shape index (κ3) is 2.76. The molecule has 0 saturated carbocycles. The van der Waals surface area contributed by atoms with Crippen LogP contribution in [0.2, 0.25) is 5.02 Å². The lowest BCUT2D eigenvalue weighted by atomic mass is 9.84. The zero-order chi connectivity index (χ0) is 17.3. The number of carbonyl (C=O) groups is 1. The Morgan fingerprint density at radius 2 is 1.71 bits per heavy atom. The lowest BCUT2D eigenvalue weighted by Gasteiger charge is -2.29. The average Bonchev–Trinajstić information content (AvgIpc) is 2.59. The van der Waals surface area contributed by atoms with E-state index in [0.717, 1.165) is 11.1 Å². The van der Waals surface area contributed by atoms with Crippen molar-refractivity contribution in [3.63, 3.8) is 0 Å². The van der Waals surface area contributed by atoms with Crippen LogP contribution in [0.4, 0.5) is 5.69 Å². The zero-order valence-corrected chi connectivity index (χ0v) is 14.4. The molecule has 1 aliphatic rings. The molecule has 0 fully saturated rings. The molecule has 6 heteroatoms. The van der Waals surface area contributed by atoms with Crippen LogP contribution in [-0.2, 0) is 4.79 Å². The predicted octanol–water partition coefficient (Wildman–Crippen LogP) is 3.84. The Kier molecular flexibility index (Phi) is 4.53. The molecular formula is C18H18ClNO4. The molecule has 126 valence electrons. The molecule has 3 rings (SSSR count). The molecule has 1 N–H and O–H groups in total. The second-order valence-corrected chi connectivity index (χ2v) is 5.90. The Labute approximate surface area is 145 Å². The number of ether oxygens (including phenoxy) is 3. The van der Waals surface area contributed by atoms with Gasteiger partial charge in [-0.15, -0.1) is 0 Å². The smallest absolute Gasteiger partial charge is 0.225 e. The van der Waals surface area contributed by atoms with Gasteiger partial charge >= 0.3 is 0 Å². The standard InChI is InChI=1S/C18H18ClNO4/c1-22-14-9-13-16(18(24-3)17(14)23-2)12(8-15(21)20-13)10-4-6-11(19)7-5-10/h4-7,9,12H,8H2,1-3H3,(H,20,21)/t12-/m1/s1. The van der Waals surface area contributed by atoms with E-state index < -0.39 is 0 Å². The Morgan fingerprint density at radius 1 is 1.04 bits per heavy atom. The first-order valence-electron chi connectivity index (χ1n) is 7.47. The van der Waals surface area contributed by atoms with Gasteiger partial charge in [0.2, 0.25) is 11.7 Å². The maximum atomic E-state index is 12.2. The van der Waals surface area contributed by atoms with Gasteiger partial charge in [0.1, 0.15) is 0 Å². The molecule has 0 radical (unpaired) electrons. The van der Waals surface area contributed by atoms with Crippen molar-refractivity contribution in [2.75, 3.05) is 26.6 Å². The summed E-state index contributed by atoms with van der Waals surface area (Å²) < 4.78 is 16.4. The van der Waals surface area contributed by atoms with Crippen LogP contribution in [0.25, 0.3) is 0 Å². The van der Waals surface area contributed by atoms with E-state index in [4.69, 9.17) is 25.8 Å². The van der Waals surface area contributed by atoms with E-state index in [9.17, 15) is 4.79 Å². The Morgan fingerprint density at radius 3 is 2.29 bits per heavy atom. The number of hydrogen-bond acceptors (Lipinski definition) is 4. The van der Waals surface area contributed by atoms with E-state index in [1.165, 1.54) is 0 Å². The van der Waals surface area contributed by atoms with Crippen molar-refractivity contribution in [2.24, 2.45) is 0 Å². The van der Waals surface area contributed by atoms with Gasteiger partial charge in [0.05, 0.1) is 27.0 Å². The highest BCUT2D eigenvalue weighted by Gasteiger charge is 2.33. The summed E-state index contributed by atoms with van der Waals surface area (Å²) in [5.74, 6) is 1.36. The number of methoxy groups -OCH3 is 3. The summed E-state index contributed by atoms with van der Waals surface area (Å²) in [6.07, 6.45) is 0.320. The van der Waals surface area contributed by atoms with Gasteiger partial charge in [-0.25, -0.2) is 0 Å². The Balaban J connectivity index is 2.23. The SMILES string of the molecule is COc1cc2c(c(OC)c1OC)[C@@H](c1ccc(Cl)cc1)CC(=O)N2. The van der Waals surface area contributed by atoms with Crippen molar-refractivity contribution in [3.05, 3.63) is 46.5 Å². The fraction of sp³-hybridized carbons (Fsp3) is 0.278. The topological polar surface area (TPSA) is 56.8 Å². The van der Waals surface area contributed by atoms with Gasteiger partial charge in [0.15, 0.2) is 11.5 Å². The van der Waals surface area contributed by atoms with Gasteiger partial charge < -0.3 is 19.5 Å². The summed E-state index contributed by atoms with van der Waals surface area (Å²) in [6, 6.07) is 9.24. The molecule has 0 bridgehead atoms. The molecule has 1 amide bonds. The van der Waals surface area contributed by atoms with Gasteiger partial charge in [-0.2, -0.15) is 0 Å². The van der Waals surface area contributed by atoms with E-state index >= 15 is 0 Å². The minimum Gasteiger partial charge on any atom is -0.493 e. The van der Waals surface area contributed by atoms with Crippen LogP contribution in [0.15, 0.2) is 30.3 Å². The van der Waals surface area contributed by atoms with E-state index in [0.29, 0.717) is 34.4 Å². The highest BCUT2D eigenvalue weighted by Crippen LogP contribution is 2.51. The minimum atomic E-state index is -0.152. The third-order valence-corrected chi connectivity index (χ3v) is 4.40. The highest BCUT2D eigenvalue weighted by atomic mass is 35.5. The van der Waals surface area contributed by atoms with Crippen LogP contribution in [0.5, 0.6) is 17.2 Å². The first-order valence-corrected chi connectivity index (χ1v) is 7.85. The number of hydrogen-bond donors (Lipinski definition) is 1. The van der Waals surface area contributed by atoms with Crippen molar-refractivity contribution in [2.45, 2.75) is 12.3 Å². The summed E-state index contributed by atoms with van der Waals surface area (Å²) in [5, 5.41) is 3.54. The molecule has 2 aromatic rings. The number of anilines is 1. The number of halogens is 1. The van der Waals surface area contributed by atoms with Crippen LogP contribution in [0, 0.1) is 0 Å². The summed E-state index contributed by atoms with van der Waals surface area (Å²) >= 11 is 5.98. The van der Waals surface area contributed by atoms with E-state index in [2.05, 4.69) is 5.32 Å². The molecule has 2 aromatic carbocycles. The molecule has 0 spiro atoms. The Bertz CT molecular complexity index is 774. The van der Waals surface area contributed by atoms with Gasteiger partial charge in [-0.05, 0) is 17.7 Å². The normalized spacial score (nSPS) is 16.2. The molecule has 1 atom stereocenters. The molecule has 1 aliphatic heterocycles. The van der Waals surface area contributed by atoms with Crippen LogP contribution in [-0.4, -0.2) is 27.2 Å². The van der Waals surface area contributed by atoms with E-state index in [-0.39, 0.29) is 11.8 Å². The number of amides is 1. The maximum Gasteiger partial charge on any atom is 0.225 e. The van der Waals surface area contributed by atoms with Crippen LogP contribution in [0.1, 0.15) is 23.5 Å². The van der Waals surface area contributed by atoms with Crippen LogP contribution < -0.4 is 19.5 Å². The predicted molar refractivity (Wildman–Crippen MR) is 92.6 cm³/mol. The second-order valence-electron chi connectivity index (χ2n) is 5.46. The first-order chi connectivity index (χ1) is 11.6. The van der Waals surface area contributed by atoms with Crippen molar-refractivity contribution in [1.82, 2.24) is 0 Å². The minimum absolute atomic E-state index is 0.0586. The molecule has 0 unspecified atom stereocenters. The summed E-state index contributed by atoms with van der Waals surface area (Å²) in [6.45, 7) is 0. The molecule has 24 heavy (non-hydrogen) atoms. The van der Waals surface area contributed by atoms with Gasteiger partial charge in [-0.3, -0.25) is 4.79 Å². The molecule has 5 nitrogen and oxygen atoms in total. The lowest BCUT2D eigenvalue weighted by molar-refractivity contribution is -0.116. The van der Waals surface area contributed by atoms with Gasteiger partial charge in [-0.1, -0.05) is 23.7 Å². The average molecular weight is 348 g/mol. The maximum absolute atomic E-state index is 12.2. The molecule has 0 aliphatic carbocycles. The van der Waals surface area contributed by atoms with Crippen LogP contribution in [0.3, 0.4) is 0 Å². The third-order valence-electron chi connectivity index (χ3n) is 4.15. The summed E-state index contributed by atoms with van der Waals surface area (Å²) in [4.78, 5) is 12.2. The van der Waals surface area contributed by atoms with Crippen molar-refractivity contribution < 1.29 is 19.0 Å². The molecule has 0 aromatic heterocycles. The van der Waals surface area contributed by atoms with Crippen LogP contribution >= 0.6 is 11.6 Å². The number of fused-ring (bicyclic) bond motifs is 1. The monoisotopic (exact) mass is 347 g/mol. The van der Waals surface area contributed by atoms with Gasteiger partial charge in [0.25, 0.3) is 0 Å². The molecule has 0 saturated heterocycles. The zero-order valence-electron chi connectivity index (χ0n) is 13.7. The number of nitrogens with one attached hydrogen (secondary N) is 1. The van der Waals surface area contributed by atoms with Gasteiger partial charge in [0, 0.05) is 29.0 Å². The quantitative estimate of drug-likeness (QED) is 0.913. The largest absolute Gasteiger partial charge is 0.493 e. The fourth-order valence-corrected chi connectivity index (χ4v) is 3.22. The van der Waals surface area contributed by atoms with Crippen molar-refractivity contribution in [1.29, 1.82) is 0 Å². The van der Waals surface area contributed by atoms with Crippen molar-refractivity contribution >= 4 is 23.2 Å². The number of rotatable bonds is 4. The first kappa shape index (κ1) is 16.5. The molecule has 1 heterocycles. The summed E-state index contributed by atoms with van der Waals surface area (Å²) in [7, 11) is 4.68. The Hall–Kier alpha value is -2.40. The second kappa shape index (κ2) is 6.61.